The molecule has 0 amide bonds. The van der Waals surface area contributed by atoms with Gasteiger partial charge in [-0.15, -0.1) is 0 Å². The van der Waals surface area contributed by atoms with Gasteiger partial charge in [-0.1, -0.05) is 46.3 Å². The van der Waals surface area contributed by atoms with Crippen LogP contribution in [-0.4, -0.2) is 23.5 Å². The maximum atomic E-state index is 5.46. The Balaban J connectivity index is 2.60. The smallest absolute Gasteiger partial charge is 0.0870 e. The highest BCUT2D eigenvalue weighted by Crippen LogP contribution is 2.16. The van der Waals surface area contributed by atoms with Gasteiger partial charge in [-0.3, -0.25) is 4.90 Å². The van der Waals surface area contributed by atoms with Gasteiger partial charge in [-0.2, -0.15) is 0 Å². The number of rotatable bonds is 4. The molecule has 0 saturated carbocycles. The molecule has 0 aliphatic rings. The van der Waals surface area contributed by atoms with Crippen molar-refractivity contribution in [1.29, 1.82) is 0 Å². The molecule has 1 aromatic carbocycles. The minimum atomic E-state index is 0.527. The van der Waals surface area contributed by atoms with Gasteiger partial charge in [0.1, 0.15) is 0 Å². The molecule has 0 saturated heterocycles. The van der Waals surface area contributed by atoms with Crippen molar-refractivity contribution in [3.8, 4) is 0 Å². The molecular weight excluding hydrogens is 260 g/mol. The summed E-state index contributed by atoms with van der Waals surface area (Å²) in [5.74, 6) is 0. The van der Waals surface area contributed by atoms with Crippen LogP contribution in [0.15, 0.2) is 28.7 Å². The van der Waals surface area contributed by atoms with Crippen LogP contribution in [0, 0.1) is 0 Å². The van der Waals surface area contributed by atoms with E-state index in [9.17, 15) is 0 Å². The van der Waals surface area contributed by atoms with Crippen LogP contribution in [0.25, 0.3) is 0 Å². The maximum Gasteiger partial charge on any atom is 0.0870 e. The molecule has 0 spiro atoms. The van der Waals surface area contributed by atoms with E-state index in [4.69, 9.17) is 18.0 Å². The van der Waals surface area contributed by atoms with E-state index in [0.29, 0.717) is 11.5 Å². The van der Waals surface area contributed by atoms with Crippen LogP contribution in [-0.2, 0) is 6.54 Å². The first-order chi connectivity index (χ1) is 6.59. The van der Waals surface area contributed by atoms with E-state index in [-0.39, 0.29) is 0 Å². The summed E-state index contributed by atoms with van der Waals surface area (Å²) in [4.78, 5) is 2.61. The van der Waals surface area contributed by atoms with Crippen molar-refractivity contribution in [3.05, 3.63) is 34.3 Å². The molecule has 0 radical (unpaired) electrons. The molecule has 0 aliphatic heterocycles. The van der Waals surface area contributed by atoms with Crippen molar-refractivity contribution in [2.75, 3.05) is 13.6 Å². The van der Waals surface area contributed by atoms with E-state index in [0.717, 1.165) is 11.0 Å². The molecule has 0 unspecified atom stereocenters. The first-order valence-electron chi connectivity index (χ1n) is 4.30. The minimum Gasteiger partial charge on any atom is -0.392 e. The monoisotopic (exact) mass is 272 g/mol. The second-order valence-electron chi connectivity index (χ2n) is 3.23. The number of nitrogens with two attached hydrogens (primary N) is 1. The van der Waals surface area contributed by atoms with Crippen LogP contribution in [0.5, 0.6) is 0 Å². The van der Waals surface area contributed by atoms with Crippen molar-refractivity contribution in [2.24, 2.45) is 5.73 Å². The molecule has 76 valence electrons. The number of benzene rings is 1. The predicted octanol–water partition coefficient (Wildman–Crippen LogP) is 2.17. The van der Waals surface area contributed by atoms with E-state index in [1.165, 1.54) is 5.56 Å². The summed E-state index contributed by atoms with van der Waals surface area (Å²) in [6, 6.07) is 8.14. The van der Waals surface area contributed by atoms with E-state index >= 15 is 0 Å². The Morgan fingerprint density at radius 1 is 1.50 bits per heavy atom. The Labute approximate surface area is 98.2 Å². The summed E-state index contributed by atoms with van der Waals surface area (Å²) in [5, 5.41) is 0. The zero-order valence-corrected chi connectivity index (χ0v) is 10.4. The third kappa shape index (κ3) is 3.74. The Hall–Kier alpha value is -0.450. The Kier molecular flexibility index (Phi) is 4.51. The lowest BCUT2D eigenvalue weighted by Gasteiger charge is -2.16. The van der Waals surface area contributed by atoms with Gasteiger partial charge < -0.3 is 5.73 Å². The van der Waals surface area contributed by atoms with Crippen molar-refractivity contribution in [3.63, 3.8) is 0 Å². The first kappa shape index (κ1) is 11.6. The lowest BCUT2D eigenvalue weighted by molar-refractivity contribution is 0.374. The topological polar surface area (TPSA) is 29.3 Å². The predicted molar refractivity (Wildman–Crippen MR) is 67.3 cm³/mol. The molecule has 4 heteroatoms. The molecule has 0 fully saturated rings. The molecule has 0 aromatic heterocycles. The quantitative estimate of drug-likeness (QED) is 0.852. The van der Waals surface area contributed by atoms with Gasteiger partial charge in [0.15, 0.2) is 0 Å². The molecule has 0 bridgehead atoms. The summed E-state index contributed by atoms with van der Waals surface area (Å²) in [5.41, 5.74) is 6.71. The molecule has 2 N–H and O–H groups in total. The lowest BCUT2D eigenvalue weighted by Crippen LogP contribution is -2.29. The molecule has 0 aliphatic carbocycles. The zero-order chi connectivity index (χ0) is 10.6. The van der Waals surface area contributed by atoms with Crippen LogP contribution in [0.1, 0.15) is 5.56 Å². The summed E-state index contributed by atoms with van der Waals surface area (Å²) < 4.78 is 1.12. The van der Waals surface area contributed by atoms with Gasteiger partial charge >= 0.3 is 0 Å². The van der Waals surface area contributed by atoms with E-state index in [2.05, 4.69) is 26.9 Å². The van der Waals surface area contributed by atoms with E-state index in [1.54, 1.807) is 0 Å². The molecule has 0 heterocycles. The number of thiocarbonyl (C=S) groups is 1. The van der Waals surface area contributed by atoms with Gasteiger partial charge in [-0.25, -0.2) is 0 Å². The van der Waals surface area contributed by atoms with Crippen LogP contribution >= 0.6 is 28.1 Å². The van der Waals surface area contributed by atoms with Gasteiger partial charge in [-0.05, 0) is 18.7 Å². The maximum absolute atomic E-state index is 5.46. The van der Waals surface area contributed by atoms with E-state index < -0.39 is 0 Å². The fraction of sp³-hybridized carbons (Fsp3) is 0.300. The second-order valence-corrected chi connectivity index (χ2v) is 4.61. The number of hydrogen-bond donors (Lipinski definition) is 1. The van der Waals surface area contributed by atoms with Gasteiger partial charge in [0.25, 0.3) is 0 Å². The highest BCUT2D eigenvalue weighted by Gasteiger charge is 2.03. The molecule has 1 aromatic rings. The Morgan fingerprint density at radius 2 is 2.14 bits per heavy atom. The highest BCUT2D eigenvalue weighted by molar-refractivity contribution is 9.10. The summed E-state index contributed by atoms with van der Waals surface area (Å²) in [6.45, 7) is 1.50. The molecular formula is C10H13BrN2S. The van der Waals surface area contributed by atoms with Crippen LogP contribution in [0.3, 0.4) is 0 Å². The molecule has 1 rings (SSSR count). The fourth-order valence-electron chi connectivity index (χ4n) is 1.24. The van der Waals surface area contributed by atoms with Crippen molar-refractivity contribution in [2.45, 2.75) is 6.54 Å². The highest BCUT2D eigenvalue weighted by atomic mass is 79.9. The van der Waals surface area contributed by atoms with Crippen LogP contribution in [0.2, 0.25) is 0 Å². The van der Waals surface area contributed by atoms with Crippen molar-refractivity contribution >= 4 is 33.1 Å². The number of nitrogens with zero attached hydrogens (tertiary/aromatic N) is 1. The van der Waals surface area contributed by atoms with Crippen LogP contribution < -0.4 is 5.73 Å². The van der Waals surface area contributed by atoms with Gasteiger partial charge in [0.2, 0.25) is 0 Å². The summed E-state index contributed by atoms with van der Waals surface area (Å²) in [6.07, 6.45) is 0. The lowest BCUT2D eigenvalue weighted by atomic mass is 10.2. The van der Waals surface area contributed by atoms with Crippen molar-refractivity contribution < 1.29 is 0 Å². The van der Waals surface area contributed by atoms with Gasteiger partial charge in [0.05, 0.1) is 4.99 Å². The SMILES string of the molecule is CN(CC(N)=S)Cc1ccccc1Br. The molecule has 2 nitrogen and oxygen atoms in total. The largest absolute Gasteiger partial charge is 0.392 e. The standard InChI is InChI=1S/C10H13BrN2S/c1-13(7-10(12)14)6-8-4-2-3-5-9(8)11/h2-5H,6-7H2,1H3,(H2,12,14). The summed E-state index contributed by atoms with van der Waals surface area (Å²) in [7, 11) is 2.00. The Morgan fingerprint density at radius 3 is 2.71 bits per heavy atom. The average molecular weight is 273 g/mol. The third-order valence-corrected chi connectivity index (χ3v) is 2.73. The minimum absolute atomic E-state index is 0.527. The van der Waals surface area contributed by atoms with Crippen molar-refractivity contribution in [1.82, 2.24) is 4.90 Å². The first-order valence-corrected chi connectivity index (χ1v) is 5.50. The van der Waals surface area contributed by atoms with Crippen LogP contribution in [0.4, 0.5) is 0 Å². The van der Waals surface area contributed by atoms with Gasteiger partial charge in [0, 0.05) is 17.6 Å². The molecule has 0 atom stereocenters. The molecule has 14 heavy (non-hydrogen) atoms. The average Bonchev–Trinajstić information content (AvgIpc) is 2.07. The number of halogens is 1. The second kappa shape index (κ2) is 5.44. The number of likely N-dealkylation sites (N-methyl/N-ethyl adjacent to an activating group) is 1. The fourth-order valence-corrected chi connectivity index (χ4v) is 1.87. The Bertz CT molecular complexity index is 328. The van der Waals surface area contributed by atoms with E-state index in [1.807, 2.05) is 25.2 Å². The third-order valence-electron chi connectivity index (χ3n) is 1.82. The number of hydrogen-bond acceptors (Lipinski definition) is 2. The zero-order valence-electron chi connectivity index (χ0n) is 8.03. The normalized spacial score (nSPS) is 10.5. The summed E-state index contributed by atoms with van der Waals surface area (Å²) >= 11 is 8.35.